The third kappa shape index (κ3) is 3.60. The average molecular weight is 373 g/mol. The summed E-state index contributed by atoms with van der Waals surface area (Å²) < 4.78 is 43.2. The number of Topliss-reactive ketones (excluding diaryl/α,β-unsaturated/α-hetero) is 1. The van der Waals surface area contributed by atoms with Crippen LogP contribution in [0.5, 0.6) is 0 Å². The molecule has 3 rings (SSSR count). The van der Waals surface area contributed by atoms with Gasteiger partial charge < -0.3 is 10.2 Å². The molecule has 3 aromatic heterocycles. The number of thioether (sulfide) groups is 1. The van der Waals surface area contributed by atoms with E-state index in [2.05, 4.69) is 9.97 Å². The number of halogens is 3. The summed E-state index contributed by atoms with van der Waals surface area (Å²) in [4.78, 5) is 20.8. The van der Waals surface area contributed by atoms with Crippen molar-refractivity contribution in [3.05, 3.63) is 39.7 Å². The van der Waals surface area contributed by atoms with Crippen LogP contribution in [-0.4, -0.2) is 21.5 Å². The van der Waals surface area contributed by atoms with Crippen molar-refractivity contribution < 1.29 is 22.4 Å². The third-order valence-corrected chi connectivity index (χ3v) is 4.97. The second-order valence-corrected chi connectivity index (χ2v) is 6.77. The zero-order valence-electron chi connectivity index (χ0n) is 12.0. The zero-order chi connectivity index (χ0) is 17.3. The Morgan fingerprint density at radius 2 is 2.04 bits per heavy atom. The van der Waals surface area contributed by atoms with Crippen LogP contribution in [0.3, 0.4) is 0 Å². The first kappa shape index (κ1) is 16.9. The van der Waals surface area contributed by atoms with Crippen molar-refractivity contribution in [2.45, 2.75) is 17.9 Å². The Balaban J connectivity index is 1.72. The number of thiophene rings is 1. The van der Waals surface area contributed by atoms with Crippen molar-refractivity contribution in [2.75, 3.05) is 5.75 Å². The molecular formula is C14H10F3N3O2S2. The summed E-state index contributed by atoms with van der Waals surface area (Å²) in [5, 5.41) is 0.0979. The fourth-order valence-corrected chi connectivity index (χ4v) is 3.48. The molecule has 2 N–H and O–H groups in total. The maximum Gasteiger partial charge on any atom is 0.433 e. The Hall–Kier alpha value is -1.91. The molecule has 0 atom stereocenters. The number of nitrogens with zero attached hydrogens (tertiary/aromatic N) is 2. The molecule has 10 heteroatoms. The second kappa shape index (κ2) is 6.54. The number of hydrogen-bond acceptors (Lipinski definition) is 7. The third-order valence-electron chi connectivity index (χ3n) is 2.99. The van der Waals surface area contributed by atoms with E-state index in [0.717, 1.165) is 28.8 Å². The quantitative estimate of drug-likeness (QED) is 0.542. The number of nitrogens with two attached hydrogens (primary N) is 1. The van der Waals surface area contributed by atoms with Gasteiger partial charge in [0, 0.05) is 11.4 Å². The molecule has 0 radical (unpaired) electrons. The number of carbonyl (C=O) groups is 1. The highest BCUT2D eigenvalue weighted by molar-refractivity contribution is 7.99. The highest BCUT2D eigenvalue weighted by Gasteiger charge is 2.33. The SMILES string of the molecule is NCc1ccc(C(=O)CSc2nc3nc(C(F)(F)F)ccc3o2)s1. The minimum absolute atomic E-state index is 0.0590. The van der Waals surface area contributed by atoms with Gasteiger partial charge in [-0.3, -0.25) is 4.79 Å². The predicted molar refractivity (Wildman–Crippen MR) is 84.1 cm³/mol. The highest BCUT2D eigenvalue weighted by Crippen LogP contribution is 2.30. The standard InChI is InChI=1S/C14H10F3N3O2S2/c15-14(16,17)11-4-2-9-12(19-11)20-13(22-9)23-6-8(21)10-3-1-7(5-18)24-10/h1-4H,5-6,18H2. The number of alkyl halides is 3. The van der Waals surface area contributed by atoms with Gasteiger partial charge in [0.2, 0.25) is 0 Å². The monoisotopic (exact) mass is 373 g/mol. The molecule has 24 heavy (non-hydrogen) atoms. The fraction of sp³-hybridized carbons (Fsp3) is 0.214. The molecule has 0 aliphatic rings. The Morgan fingerprint density at radius 3 is 2.71 bits per heavy atom. The van der Waals surface area contributed by atoms with Crippen LogP contribution in [0.15, 0.2) is 33.9 Å². The number of rotatable bonds is 5. The number of pyridine rings is 1. The first-order valence-corrected chi connectivity index (χ1v) is 8.46. The van der Waals surface area contributed by atoms with Gasteiger partial charge in [-0.1, -0.05) is 11.8 Å². The van der Waals surface area contributed by atoms with Gasteiger partial charge in [-0.25, -0.2) is 4.98 Å². The van der Waals surface area contributed by atoms with Crippen LogP contribution in [0.25, 0.3) is 11.2 Å². The number of carbonyl (C=O) groups excluding carboxylic acids is 1. The van der Waals surface area contributed by atoms with Crippen LogP contribution in [-0.2, 0) is 12.7 Å². The van der Waals surface area contributed by atoms with Crippen molar-refractivity contribution in [3.8, 4) is 0 Å². The molecule has 0 bridgehead atoms. The van der Waals surface area contributed by atoms with E-state index in [-0.39, 0.29) is 28.0 Å². The van der Waals surface area contributed by atoms with E-state index in [4.69, 9.17) is 10.2 Å². The molecule has 126 valence electrons. The molecule has 3 aromatic rings. The number of oxazole rings is 1. The lowest BCUT2D eigenvalue weighted by Crippen LogP contribution is -2.07. The van der Waals surface area contributed by atoms with Crippen molar-refractivity contribution in [3.63, 3.8) is 0 Å². The molecule has 0 aliphatic carbocycles. The smallest absolute Gasteiger partial charge is 0.430 e. The lowest BCUT2D eigenvalue weighted by molar-refractivity contribution is -0.141. The average Bonchev–Trinajstić information content (AvgIpc) is 3.17. The summed E-state index contributed by atoms with van der Waals surface area (Å²) in [5.74, 6) is -0.0698. The van der Waals surface area contributed by atoms with Gasteiger partial charge in [-0.2, -0.15) is 18.2 Å². The topological polar surface area (TPSA) is 82.0 Å². The van der Waals surface area contributed by atoms with E-state index in [9.17, 15) is 18.0 Å². The molecule has 0 saturated carbocycles. The number of hydrogen-bond donors (Lipinski definition) is 1. The van der Waals surface area contributed by atoms with Crippen LogP contribution < -0.4 is 5.73 Å². The van der Waals surface area contributed by atoms with E-state index in [1.807, 2.05) is 0 Å². The molecule has 3 heterocycles. The summed E-state index contributed by atoms with van der Waals surface area (Å²) in [6, 6.07) is 5.47. The molecule has 5 nitrogen and oxygen atoms in total. The Bertz CT molecular complexity index is 889. The summed E-state index contributed by atoms with van der Waals surface area (Å²) >= 11 is 2.32. The van der Waals surface area contributed by atoms with Crippen LogP contribution in [0.2, 0.25) is 0 Å². The highest BCUT2D eigenvalue weighted by atomic mass is 32.2. The summed E-state index contributed by atoms with van der Waals surface area (Å²) in [5.41, 5.74) is 4.46. The van der Waals surface area contributed by atoms with Gasteiger partial charge >= 0.3 is 6.18 Å². The van der Waals surface area contributed by atoms with Crippen molar-refractivity contribution in [2.24, 2.45) is 5.73 Å². The molecule has 0 fully saturated rings. The van der Waals surface area contributed by atoms with Gasteiger partial charge in [0.15, 0.2) is 17.0 Å². The maximum absolute atomic E-state index is 12.6. The lowest BCUT2D eigenvalue weighted by Gasteiger charge is -2.03. The van der Waals surface area contributed by atoms with E-state index in [0.29, 0.717) is 11.4 Å². The van der Waals surface area contributed by atoms with Gasteiger partial charge in [0.25, 0.3) is 5.22 Å². The van der Waals surface area contributed by atoms with Crippen molar-refractivity contribution >= 4 is 40.1 Å². The van der Waals surface area contributed by atoms with E-state index >= 15 is 0 Å². The Labute approximate surface area is 142 Å². The first-order chi connectivity index (χ1) is 11.4. The fourth-order valence-electron chi connectivity index (χ4n) is 1.85. The van der Waals surface area contributed by atoms with Crippen LogP contribution in [0.1, 0.15) is 20.2 Å². The van der Waals surface area contributed by atoms with E-state index in [1.54, 1.807) is 12.1 Å². The largest absolute Gasteiger partial charge is 0.433 e. The zero-order valence-corrected chi connectivity index (χ0v) is 13.6. The molecule has 0 unspecified atom stereocenters. The Kier molecular flexibility index (Phi) is 4.61. The van der Waals surface area contributed by atoms with Crippen LogP contribution in [0.4, 0.5) is 13.2 Å². The minimum atomic E-state index is -4.55. The predicted octanol–water partition coefficient (Wildman–Crippen LogP) is 3.74. The molecular weight excluding hydrogens is 363 g/mol. The Morgan fingerprint density at radius 1 is 1.25 bits per heavy atom. The first-order valence-electron chi connectivity index (χ1n) is 6.66. The molecule has 0 aromatic carbocycles. The second-order valence-electron chi connectivity index (χ2n) is 4.68. The van der Waals surface area contributed by atoms with Gasteiger partial charge in [0.05, 0.1) is 10.6 Å². The van der Waals surface area contributed by atoms with E-state index in [1.165, 1.54) is 11.3 Å². The lowest BCUT2D eigenvalue weighted by atomic mass is 10.3. The van der Waals surface area contributed by atoms with Gasteiger partial charge in [-0.05, 0) is 24.3 Å². The summed E-state index contributed by atoms with van der Waals surface area (Å²) in [7, 11) is 0. The molecule has 0 saturated heterocycles. The minimum Gasteiger partial charge on any atom is -0.430 e. The molecule has 0 amide bonds. The summed E-state index contributed by atoms with van der Waals surface area (Å²) in [6.07, 6.45) is -4.55. The number of fused-ring (bicyclic) bond motifs is 1. The summed E-state index contributed by atoms with van der Waals surface area (Å²) in [6.45, 7) is 0.365. The number of ketones is 1. The normalized spacial score (nSPS) is 12.0. The van der Waals surface area contributed by atoms with Crippen molar-refractivity contribution in [1.82, 2.24) is 9.97 Å². The van der Waals surface area contributed by atoms with Gasteiger partial charge in [-0.15, -0.1) is 11.3 Å². The van der Waals surface area contributed by atoms with E-state index < -0.39 is 11.9 Å². The van der Waals surface area contributed by atoms with Crippen LogP contribution >= 0.6 is 23.1 Å². The maximum atomic E-state index is 12.6. The van der Waals surface area contributed by atoms with Gasteiger partial charge in [0.1, 0.15) is 5.69 Å². The molecule has 0 spiro atoms. The van der Waals surface area contributed by atoms with Crippen LogP contribution in [0, 0.1) is 0 Å². The number of aromatic nitrogens is 2. The molecule has 0 aliphatic heterocycles. The van der Waals surface area contributed by atoms with Crippen molar-refractivity contribution in [1.29, 1.82) is 0 Å².